The molecular weight excluding hydrogens is 418 g/mol. The maximum atomic E-state index is 12.1. The third-order valence-electron chi connectivity index (χ3n) is 3.89. The van der Waals surface area contributed by atoms with Gasteiger partial charge in [0.1, 0.15) is 0 Å². The van der Waals surface area contributed by atoms with Crippen LogP contribution in [-0.4, -0.2) is 18.0 Å². The van der Waals surface area contributed by atoms with E-state index in [0.29, 0.717) is 17.7 Å². The minimum atomic E-state index is -0.324. The van der Waals surface area contributed by atoms with Crippen LogP contribution < -0.4 is 10.7 Å². The van der Waals surface area contributed by atoms with Crippen molar-refractivity contribution in [2.75, 3.05) is 5.32 Å². The van der Waals surface area contributed by atoms with E-state index in [-0.39, 0.29) is 11.8 Å². The quantitative estimate of drug-likeness (QED) is 0.445. The second-order valence-electron chi connectivity index (χ2n) is 6.04. The molecule has 0 saturated carbocycles. The molecule has 28 heavy (non-hydrogen) atoms. The number of nitrogens with zero attached hydrogens (tertiary/aromatic N) is 1. The van der Waals surface area contributed by atoms with Gasteiger partial charge in [0.15, 0.2) is 0 Å². The summed E-state index contributed by atoms with van der Waals surface area (Å²) in [4.78, 5) is 24.2. The zero-order valence-corrected chi connectivity index (χ0v) is 16.5. The molecule has 0 unspecified atom stereocenters. The van der Waals surface area contributed by atoms with E-state index < -0.39 is 0 Å². The van der Waals surface area contributed by atoms with Gasteiger partial charge in [0, 0.05) is 15.7 Å². The fourth-order valence-electron chi connectivity index (χ4n) is 2.47. The molecule has 3 aromatic carbocycles. The molecule has 6 heteroatoms. The molecule has 0 bridgehead atoms. The van der Waals surface area contributed by atoms with Crippen LogP contribution in [0.3, 0.4) is 0 Å². The monoisotopic (exact) mass is 435 g/mol. The van der Waals surface area contributed by atoms with Gasteiger partial charge in [-0.1, -0.05) is 58.4 Å². The van der Waals surface area contributed by atoms with Crippen LogP contribution in [0, 0.1) is 0 Å². The van der Waals surface area contributed by atoms with Gasteiger partial charge in [0.05, 0.1) is 12.6 Å². The molecule has 0 spiro atoms. The Morgan fingerprint density at radius 3 is 2.25 bits per heavy atom. The largest absolute Gasteiger partial charge is 0.326 e. The molecule has 0 atom stereocenters. The Bertz CT molecular complexity index is 969. The lowest BCUT2D eigenvalue weighted by Crippen LogP contribution is -2.18. The molecular formula is C22H18BrN3O2. The predicted octanol–water partition coefficient (Wildman–Crippen LogP) is 4.39. The molecule has 140 valence electrons. The van der Waals surface area contributed by atoms with Gasteiger partial charge in [-0.2, -0.15) is 5.10 Å². The van der Waals surface area contributed by atoms with Gasteiger partial charge in [0.25, 0.3) is 5.91 Å². The lowest BCUT2D eigenvalue weighted by atomic mass is 10.1. The second kappa shape index (κ2) is 9.62. The average Bonchev–Trinajstić information content (AvgIpc) is 2.70. The molecule has 3 rings (SSSR count). The number of hydrazone groups is 1. The van der Waals surface area contributed by atoms with E-state index >= 15 is 0 Å². The summed E-state index contributed by atoms with van der Waals surface area (Å²) in [5.74, 6) is -0.432. The summed E-state index contributed by atoms with van der Waals surface area (Å²) in [6.07, 6.45) is 1.87. The van der Waals surface area contributed by atoms with Crippen molar-refractivity contribution < 1.29 is 9.59 Å². The zero-order chi connectivity index (χ0) is 19.8. The summed E-state index contributed by atoms with van der Waals surface area (Å²) in [7, 11) is 0. The van der Waals surface area contributed by atoms with Crippen molar-refractivity contribution in [1.82, 2.24) is 5.43 Å². The van der Waals surface area contributed by atoms with Gasteiger partial charge < -0.3 is 5.32 Å². The molecule has 0 aliphatic carbocycles. The van der Waals surface area contributed by atoms with E-state index in [4.69, 9.17) is 0 Å². The standard InChI is InChI=1S/C22H18BrN3O2/c23-19-10-6-17(7-11-19)15-24-26-22(28)18-8-12-20(13-9-18)25-21(27)14-16-4-2-1-3-5-16/h1-13,15H,14H2,(H,25,27)(H,26,28)/b24-15-. The van der Waals surface area contributed by atoms with Gasteiger partial charge >= 0.3 is 0 Å². The second-order valence-corrected chi connectivity index (χ2v) is 6.95. The first-order valence-corrected chi connectivity index (χ1v) is 9.42. The van der Waals surface area contributed by atoms with Crippen LogP contribution in [0.4, 0.5) is 5.69 Å². The zero-order valence-electron chi connectivity index (χ0n) is 14.9. The normalized spacial score (nSPS) is 10.6. The number of carbonyl (C=O) groups excluding carboxylic acids is 2. The number of benzene rings is 3. The number of hydrogen-bond acceptors (Lipinski definition) is 3. The molecule has 3 aromatic rings. The van der Waals surface area contributed by atoms with Crippen LogP contribution in [0.15, 0.2) is 88.4 Å². The molecule has 5 nitrogen and oxygen atoms in total. The lowest BCUT2D eigenvalue weighted by Gasteiger charge is -2.06. The van der Waals surface area contributed by atoms with Crippen LogP contribution in [0.1, 0.15) is 21.5 Å². The Morgan fingerprint density at radius 2 is 1.57 bits per heavy atom. The number of halogens is 1. The van der Waals surface area contributed by atoms with Gasteiger partial charge in [-0.05, 0) is 47.5 Å². The van der Waals surface area contributed by atoms with Crippen molar-refractivity contribution in [3.63, 3.8) is 0 Å². The summed E-state index contributed by atoms with van der Waals surface area (Å²) in [6, 6.07) is 23.7. The molecule has 0 radical (unpaired) electrons. The minimum Gasteiger partial charge on any atom is -0.326 e. The number of hydrogen-bond donors (Lipinski definition) is 2. The van der Waals surface area contributed by atoms with Crippen LogP contribution in [0.2, 0.25) is 0 Å². The van der Waals surface area contributed by atoms with E-state index in [1.54, 1.807) is 30.5 Å². The van der Waals surface area contributed by atoms with E-state index in [2.05, 4.69) is 31.8 Å². The Balaban J connectivity index is 1.52. The highest BCUT2D eigenvalue weighted by molar-refractivity contribution is 9.10. The fraction of sp³-hybridized carbons (Fsp3) is 0.0455. The van der Waals surface area contributed by atoms with Crippen molar-refractivity contribution in [3.05, 3.63) is 100 Å². The number of carbonyl (C=O) groups is 2. The van der Waals surface area contributed by atoms with Gasteiger partial charge in [-0.15, -0.1) is 0 Å². The lowest BCUT2D eigenvalue weighted by molar-refractivity contribution is -0.115. The Kier molecular flexibility index (Phi) is 6.70. The Morgan fingerprint density at radius 1 is 0.893 bits per heavy atom. The van der Waals surface area contributed by atoms with E-state index in [1.807, 2.05) is 54.6 Å². The highest BCUT2D eigenvalue weighted by Crippen LogP contribution is 2.11. The summed E-state index contributed by atoms with van der Waals surface area (Å²) in [5, 5.41) is 6.78. The first-order chi connectivity index (χ1) is 13.6. The van der Waals surface area contributed by atoms with Crippen LogP contribution in [-0.2, 0) is 11.2 Å². The highest BCUT2D eigenvalue weighted by atomic mass is 79.9. The smallest absolute Gasteiger partial charge is 0.271 e. The van der Waals surface area contributed by atoms with E-state index in [0.717, 1.165) is 15.6 Å². The van der Waals surface area contributed by atoms with Gasteiger partial charge in [-0.3, -0.25) is 9.59 Å². The van der Waals surface area contributed by atoms with Gasteiger partial charge in [0.2, 0.25) is 5.91 Å². The van der Waals surface area contributed by atoms with Crippen LogP contribution in [0.25, 0.3) is 0 Å². The summed E-state index contributed by atoms with van der Waals surface area (Å²) < 4.78 is 0.977. The molecule has 2 N–H and O–H groups in total. The third-order valence-corrected chi connectivity index (χ3v) is 4.42. The maximum absolute atomic E-state index is 12.1. The molecule has 0 fully saturated rings. The summed E-state index contributed by atoms with van der Waals surface area (Å²) in [6.45, 7) is 0. The van der Waals surface area contributed by atoms with Gasteiger partial charge in [-0.25, -0.2) is 5.43 Å². The first-order valence-electron chi connectivity index (χ1n) is 8.63. The average molecular weight is 436 g/mol. The molecule has 0 aliphatic heterocycles. The number of anilines is 1. The van der Waals surface area contributed by atoms with Crippen LogP contribution in [0.5, 0.6) is 0 Å². The van der Waals surface area contributed by atoms with Crippen molar-refractivity contribution >= 4 is 39.6 Å². The molecule has 2 amide bonds. The SMILES string of the molecule is O=C(Cc1ccccc1)Nc1ccc(C(=O)N/N=C\c2ccc(Br)cc2)cc1. The predicted molar refractivity (Wildman–Crippen MR) is 114 cm³/mol. The number of rotatable bonds is 6. The summed E-state index contributed by atoms with van der Waals surface area (Å²) >= 11 is 3.36. The summed E-state index contributed by atoms with van der Waals surface area (Å²) in [5.41, 5.74) is 5.39. The maximum Gasteiger partial charge on any atom is 0.271 e. The topological polar surface area (TPSA) is 70.6 Å². The first kappa shape index (κ1) is 19.5. The molecule has 0 saturated heterocycles. The number of amides is 2. The van der Waals surface area contributed by atoms with E-state index in [9.17, 15) is 9.59 Å². The third kappa shape index (κ3) is 5.89. The minimum absolute atomic E-state index is 0.109. The number of nitrogens with one attached hydrogen (secondary N) is 2. The molecule has 0 aliphatic rings. The Labute approximate surface area is 171 Å². The molecule has 0 aromatic heterocycles. The highest BCUT2D eigenvalue weighted by Gasteiger charge is 2.07. The van der Waals surface area contributed by atoms with E-state index in [1.165, 1.54) is 0 Å². The van der Waals surface area contributed by atoms with Crippen molar-refractivity contribution in [2.45, 2.75) is 6.42 Å². The molecule has 0 heterocycles. The van der Waals surface area contributed by atoms with Crippen molar-refractivity contribution in [1.29, 1.82) is 0 Å². The Hall–Kier alpha value is -3.25. The van der Waals surface area contributed by atoms with Crippen LogP contribution >= 0.6 is 15.9 Å². The fourth-order valence-corrected chi connectivity index (χ4v) is 2.73. The van der Waals surface area contributed by atoms with Crippen molar-refractivity contribution in [3.8, 4) is 0 Å². The van der Waals surface area contributed by atoms with Crippen molar-refractivity contribution in [2.24, 2.45) is 5.10 Å².